The van der Waals surface area contributed by atoms with Gasteiger partial charge in [-0.1, -0.05) is 6.92 Å². The molecule has 3 saturated heterocycles. The molecule has 0 aromatic heterocycles. The van der Waals surface area contributed by atoms with Crippen LogP contribution in [0.2, 0.25) is 0 Å². The zero-order chi connectivity index (χ0) is 31.6. The van der Waals surface area contributed by atoms with Crippen LogP contribution in [0.15, 0.2) is 0 Å². The van der Waals surface area contributed by atoms with Crippen LogP contribution in [0, 0.1) is 0 Å². The van der Waals surface area contributed by atoms with Crippen molar-refractivity contribution in [1.82, 2.24) is 44.5 Å². The van der Waals surface area contributed by atoms with Crippen molar-refractivity contribution >= 4 is 0 Å². The molecule has 3 heterocycles. The van der Waals surface area contributed by atoms with Crippen LogP contribution in [0.1, 0.15) is 55.4 Å². The summed E-state index contributed by atoms with van der Waals surface area (Å²) in [5, 5.41) is 3.84. The molecule has 3 aliphatic rings. The molecule has 1 N–H and O–H groups in total. The second kappa shape index (κ2) is 17.5. The Morgan fingerprint density at radius 3 is 1.65 bits per heavy atom. The minimum Gasteiger partial charge on any atom is -0.312 e. The van der Waals surface area contributed by atoms with Crippen molar-refractivity contribution in [2.45, 2.75) is 78.6 Å². The molecule has 0 bridgehead atoms. The quantitative estimate of drug-likeness (QED) is 0.282. The highest BCUT2D eigenvalue weighted by molar-refractivity contribution is 4.96. The van der Waals surface area contributed by atoms with Gasteiger partial charge in [0.2, 0.25) is 0 Å². The number of rotatable bonds is 16. The Balaban J connectivity index is 1.28. The second-order valence-electron chi connectivity index (χ2n) is 15.6. The lowest BCUT2D eigenvalue weighted by molar-refractivity contribution is -0.0190. The van der Waals surface area contributed by atoms with E-state index in [9.17, 15) is 0 Å². The molecule has 2 unspecified atom stereocenters. The normalized spacial score (nSPS) is 23.4. The van der Waals surface area contributed by atoms with Gasteiger partial charge in [0.05, 0.1) is 0 Å². The Hall–Kier alpha value is -0.360. The van der Waals surface area contributed by atoms with E-state index < -0.39 is 0 Å². The molecule has 0 aromatic carbocycles. The first-order valence-corrected chi connectivity index (χ1v) is 17.8. The van der Waals surface area contributed by atoms with Crippen molar-refractivity contribution in [2.75, 3.05) is 145 Å². The SMILES string of the molecule is CCN(CCN1CCN(C(C)(C)C)CC1)CC(C)NCCN1CCN(C(C)C(C)(C)N2CCN(CCN(C)C)CC2)CC1. The Kier molecular flexibility index (Phi) is 15.1. The highest BCUT2D eigenvalue weighted by Crippen LogP contribution is 2.26. The van der Waals surface area contributed by atoms with E-state index in [4.69, 9.17) is 0 Å². The molecule has 0 radical (unpaired) electrons. The number of hydrogen-bond acceptors (Lipinski definition) is 9. The molecule has 254 valence electrons. The summed E-state index contributed by atoms with van der Waals surface area (Å²) in [5.41, 5.74) is 0.506. The fourth-order valence-corrected chi connectivity index (χ4v) is 7.20. The largest absolute Gasteiger partial charge is 0.312 e. The molecule has 3 rings (SSSR count). The van der Waals surface area contributed by atoms with Gasteiger partial charge in [-0.25, -0.2) is 0 Å². The maximum Gasteiger partial charge on any atom is 0.0306 e. The summed E-state index contributed by atoms with van der Waals surface area (Å²) >= 11 is 0. The Morgan fingerprint density at radius 2 is 1.14 bits per heavy atom. The van der Waals surface area contributed by atoms with Crippen LogP contribution < -0.4 is 5.32 Å². The maximum absolute atomic E-state index is 3.84. The minimum atomic E-state index is 0.207. The summed E-state index contributed by atoms with van der Waals surface area (Å²) in [5.74, 6) is 0. The number of hydrogen-bond donors (Lipinski definition) is 1. The maximum atomic E-state index is 3.84. The standard InChI is InChI=1S/C34H73N9/c1-11-37(16-17-40-20-26-42(27-21-40)33(4,5)6)30-31(2)35-12-13-38-18-24-41(25-19-38)32(3)34(7,8)43-28-22-39(23-29-43)15-14-36(9)10/h31-32,35H,11-30H2,1-10H3. The first-order chi connectivity index (χ1) is 20.3. The van der Waals surface area contributed by atoms with Gasteiger partial charge in [-0.2, -0.15) is 0 Å². The number of likely N-dealkylation sites (N-methyl/N-ethyl adjacent to an activating group) is 2. The molecular weight excluding hydrogens is 534 g/mol. The van der Waals surface area contributed by atoms with Crippen LogP contribution in [0.4, 0.5) is 0 Å². The molecule has 0 saturated carbocycles. The summed E-state index contributed by atoms with van der Waals surface area (Å²) in [6.07, 6.45) is 0. The third-order valence-electron chi connectivity index (χ3n) is 11.0. The molecule has 2 atom stereocenters. The van der Waals surface area contributed by atoms with Crippen LogP contribution in [-0.4, -0.2) is 207 Å². The lowest BCUT2D eigenvalue weighted by atomic mass is 9.91. The van der Waals surface area contributed by atoms with Gasteiger partial charge in [0.15, 0.2) is 0 Å². The van der Waals surface area contributed by atoms with Gasteiger partial charge in [-0.3, -0.25) is 29.4 Å². The van der Waals surface area contributed by atoms with Gasteiger partial charge in [0, 0.05) is 148 Å². The van der Waals surface area contributed by atoms with Gasteiger partial charge in [-0.05, 0) is 69.1 Å². The highest BCUT2D eigenvalue weighted by Gasteiger charge is 2.38. The lowest BCUT2D eigenvalue weighted by Crippen LogP contribution is -2.64. The predicted molar refractivity (Wildman–Crippen MR) is 185 cm³/mol. The first-order valence-electron chi connectivity index (χ1n) is 17.8. The third kappa shape index (κ3) is 12.1. The number of nitrogens with zero attached hydrogens (tertiary/aromatic N) is 8. The van der Waals surface area contributed by atoms with Gasteiger partial charge in [-0.15, -0.1) is 0 Å². The van der Waals surface area contributed by atoms with Crippen molar-refractivity contribution in [3.05, 3.63) is 0 Å². The first kappa shape index (κ1) is 37.1. The average molecular weight is 608 g/mol. The van der Waals surface area contributed by atoms with E-state index in [2.05, 4.69) is 114 Å². The van der Waals surface area contributed by atoms with Crippen molar-refractivity contribution in [3.63, 3.8) is 0 Å². The van der Waals surface area contributed by atoms with Gasteiger partial charge in [0.1, 0.15) is 0 Å². The van der Waals surface area contributed by atoms with Crippen LogP contribution in [-0.2, 0) is 0 Å². The molecule has 3 fully saturated rings. The Labute approximate surface area is 267 Å². The molecule has 9 nitrogen and oxygen atoms in total. The smallest absolute Gasteiger partial charge is 0.0306 e. The Bertz CT molecular complexity index is 745. The minimum absolute atomic E-state index is 0.207. The van der Waals surface area contributed by atoms with Gasteiger partial charge in [0.25, 0.3) is 0 Å². The van der Waals surface area contributed by atoms with E-state index in [-0.39, 0.29) is 5.54 Å². The van der Waals surface area contributed by atoms with Crippen LogP contribution >= 0.6 is 0 Å². The fraction of sp³-hybridized carbons (Fsp3) is 1.00. The van der Waals surface area contributed by atoms with E-state index in [1.165, 1.54) is 98.2 Å². The summed E-state index contributed by atoms with van der Waals surface area (Å²) in [7, 11) is 4.35. The van der Waals surface area contributed by atoms with E-state index in [0.29, 0.717) is 17.6 Å². The summed E-state index contributed by atoms with van der Waals surface area (Å²) in [6.45, 7) is 42.8. The average Bonchev–Trinajstić information content (AvgIpc) is 2.98. The predicted octanol–water partition coefficient (Wildman–Crippen LogP) is 1.67. The second-order valence-corrected chi connectivity index (χ2v) is 15.6. The Morgan fingerprint density at radius 1 is 0.651 bits per heavy atom. The molecular formula is C34H73N9. The molecule has 43 heavy (non-hydrogen) atoms. The molecule has 0 aliphatic carbocycles. The van der Waals surface area contributed by atoms with Crippen LogP contribution in [0.25, 0.3) is 0 Å². The van der Waals surface area contributed by atoms with Crippen LogP contribution in [0.5, 0.6) is 0 Å². The van der Waals surface area contributed by atoms with Gasteiger partial charge >= 0.3 is 0 Å². The van der Waals surface area contributed by atoms with E-state index in [0.717, 1.165) is 32.7 Å². The summed E-state index contributed by atoms with van der Waals surface area (Å²) in [4.78, 5) is 21.1. The summed E-state index contributed by atoms with van der Waals surface area (Å²) < 4.78 is 0. The number of nitrogens with one attached hydrogen (secondary N) is 1. The molecule has 0 spiro atoms. The van der Waals surface area contributed by atoms with Crippen LogP contribution in [0.3, 0.4) is 0 Å². The fourth-order valence-electron chi connectivity index (χ4n) is 7.20. The highest BCUT2D eigenvalue weighted by atomic mass is 15.4. The monoisotopic (exact) mass is 608 g/mol. The van der Waals surface area contributed by atoms with Crippen molar-refractivity contribution in [2.24, 2.45) is 0 Å². The van der Waals surface area contributed by atoms with E-state index >= 15 is 0 Å². The molecule has 0 amide bonds. The van der Waals surface area contributed by atoms with Crippen molar-refractivity contribution < 1.29 is 0 Å². The zero-order valence-electron chi connectivity index (χ0n) is 30.4. The van der Waals surface area contributed by atoms with Crippen molar-refractivity contribution in [3.8, 4) is 0 Å². The summed E-state index contributed by atoms with van der Waals surface area (Å²) in [6, 6.07) is 1.10. The van der Waals surface area contributed by atoms with E-state index in [1.54, 1.807) is 0 Å². The topological polar surface area (TPSA) is 38.0 Å². The van der Waals surface area contributed by atoms with Gasteiger partial charge < -0.3 is 15.1 Å². The third-order valence-corrected chi connectivity index (χ3v) is 11.0. The molecule has 0 aromatic rings. The molecule has 3 aliphatic heterocycles. The zero-order valence-corrected chi connectivity index (χ0v) is 30.4. The van der Waals surface area contributed by atoms with Crippen molar-refractivity contribution in [1.29, 1.82) is 0 Å². The number of piperazine rings is 3. The molecule has 9 heteroatoms. The van der Waals surface area contributed by atoms with E-state index in [1.807, 2.05) is 0 Å². The lowest BCUT2D eigenvalue weighted by Gasteiger charge is -2.51.